The van der Waals surface area contributed by atoms with Crippen LogP contribution in [0.25, 0.3) is 0 Å². The Morgan fingerprint density at radius 3 is 2.58 bits per heavy atom. The van der Waals surface area contributed by atoms with Crippen molar-refractivity contribution in [3.05, 3.63) is 56.1 Å². The highest BCUT2D eigenvalue weighted by Gasteiger charge is 2.09. The van der Waals surface area contributed by atoms with Gasteiger partial charge in [0.2, 0.25) is 5.91 Å². The highest BCUT2D eigenvalue weighted by Crippen LogP contribution is 2.34. The second kappa shape index (κ2) is 7.29. The SMILES string of the molecule is CC(=O)Nc1cc(N=Cc2cc([N+](=O)[O-])ccc2[O-])c(Cl)cc1Cl. The van der Waals surface area contributed by atoms with Gasteiger partial charge in [-0.3, -0.25) is 19.9 Å². The Bertz CT molecular complexity index is 853. The van der Waals surface area contributed by atoms with E-state index in [4.69, 9.17) is 23.2 Å². The van der Waals surface area contributed by atoms with Gasteiger partial charge < -0.3 is 10.4 Å². The van der Waals surface area contributed by atoms with Crippen molar-refractivity contribution in [3.8, 4) is 5.75 Å². The van der Waals surface area contributed by atoms with Crippen molar-refractivity contribution in [1.29, 1.82) is 0 Å². The van der Waals surface area contributed by atoms with Gasteiger partial charge in [-0.2, -0.15) is 0 Å². The maximum Gasteiger partial charge on any atom is 0.270 e. The molecule has 0 saturated carbocycles. The molecule has 0 aliphatic heterocycles. The van der Waals surface area contributed by atoms with Gasteiger partial charge in [-0.15, -0.1) is 0 Å². The molecule has 9 heteroatoms. The summed E-state index contributed by atoms with van der Waals surface area (Å²) >= 11 is 12.0. The van der Waals surface area contributed by atoms with E-state index in [1.807, 2.05) is 0 Å². The summed E-state index contributed by atoms with van der Waals surface area (Å²) in [6, 6.07) is 6.15. The first kappa shape index (κ1) is 17.7. The largest absolute Gasteiger partial charge is 0.872 e. The zero-order chi connectivity index (χ0) is 17.9. The zero-order valence-corrected chi connectivity index (χ0v) is 13.8. The lowest BCUT2D eigenvalue weighted by molar-refractivity contribution is -0.385. The predicted octanol–water partition coefficient (Wildman–Crippen LogP) is 3.68. The lowest BCUT2D eigenvalue weighted by Crippen LogP contribution is -2.06. The summed E-state index contributed by atoms with van der Waals surface area (Å²) in [6.07, 6.45) is 1.17. The molecule has 0 fully saturated rings. The summed E-state index contributed by atoms with van der Waals surface area (Å²) in [6.45, 7) is 1.32. The minimum Gasteiger partial charge on any atom is -0.872 e. The molecule has 0 heterocycles. The Hall–Kier alpha value is -2.64. The van der Waals surface area contributed by atoms with E-state index in [1.165, 1.54) is 25.3 Å². The van der Waals surface area contributed by atoms with Crippen LogP contribution in [0.2, 0.25) is 10.0 Å². The van der Waals surface area contributed by atoms with Gasteiger partial charge in [0, 0.05) is 25.3 Å². The van der Waals surface area contributed by atoms with Gasteiger partial charge >= 0.3 is 0 Å². The number of anilines is 1. The van der Waals surface area contributed by atoms with Crippen molar-refractivity contribution in [2.24, 2.45) is 4.99 Å². The first-order chi connectivity index (χ1) is 11.3. The highest BCUT2D eigenvalue weighted by atomic mass is 35.5. The van der Waals surface area contributed by atoms with Gasteiger partial charge in [0.1, 0.15) is 0 Å². The fraction of sp³-hybridized carbons (Fsp3) is 0.0667. The number of rotatable bonds is 4. The molecule has 2 aromatic rings. The summed E-state index contributed by atoms with van der Waals surface area (Å²) in [5.74, 6) is -0.744. The normalized spacial score (nSPS) is 10.8. The van der Waals surface area contributed by atoms with E-state index in [2.05, 4.69) is 10.3 Å². The van der Waals surface area contributed by atoms with Gasteiger partial charge in [-0.25, -0.2) is 0 Å². The number of hydrogen-bond acceptors (Lipinski definition) is 5. The van der Waals surface area contributed by atoms with Gasteiger partial charge in [-0.1, -0.05) is 35.0 Å². The van der Waals surface area contributed by atoms with E-state index < -0.39 is 10.7 Å². The van der Waals surface area contributed by atoms with E-state index in [1.54, 1.807) is 0 Å². The fourth-order valence-electron chi connectivity index (χ4n) is 1.81. The molecule has 0 unspecified atom stereocenters. The van der Waals surface area contributed by atoms with Crippen LogP contribution < -0.4 is 10.4 Å². The fourth-order valence-corrected chi connectivity index (χ4v) is 2.29. The van der Waals surface area contributed by atoms with E-state index in [9.17, 15) is 20.0 Å². The number of carbonyl (C=O) groups excluding carboxylic acids is 1. The molecule has 0 aliphatic carbocycles. The van der Waals surface area contributed by atoms with Gasteiger partial charge in [0.25, 0.3) is 5.69 Å². The molecule has 2 aromatic carbocycles. The standard InChI is InChI=1S/C15H11Cl2N3O4/c1-8(21)19-14-6-13(11(16)5-12(14)17)18-7-9-4-10(20(23)24)2-3-15(9)22/h2-7,22H,1H3,(H,19,21)/p-1. The Labute approximate surface area is 146 Å². The number of carbonyl (C=O) groups is 1. The summed E-state index contributed by atoms with van der Waals surface area (Å²) in [5, 5.41) is 25.5. The Kier molecular flexibility index (Phi) is 5.38. The number of nitro benzene ring substituents is 1. The molecule has 0 radical (unpaired) electrons. The Morgan fingerprint density at radius 2 is 1.96 bits per heavy atom. The summed E-state index contributed by atoms with van der Waals surface area (Å²) in [7, 11) is 0. The first-order valence-electron chi connectivity index (χ1n) is 6.54. The van der Waals surface area contributed by atoms with E-state index in [-0.39, 0.29) is 32.9 Å². The number of amides is 1. The third kappa shape index (κ3) is 4.21. The maximum atomic E-state index is 11.7. The van der Waals surface area contributed by atoms with E-state index in [0.29, 0.717) is 5.69 Å². The van der Waals surface area contributed by atoms with Gasteiger partial charge in [0.15, 0.2) is 0 Å². The number of halogens is 2. The number of nitrogens with one attached hydrogen (secondary N) is 1. The van der Waals surface area contributed by atoms with Crippen LogP contribution in [0.15, 0.2) is 35.3 Å². The number of benzene rings is 2. The van der Waals surface area contributed by atoms with Crippen molar-refractivity contribution < 1.29 is 14.8 Å². The smallest absolute Gasteiger partial charge is 0.270 e. The lowest BCUT2D eigenvalue weighted by atomic mass is 10.2. The van der Waals surface area contributed by atoms with E-state index >= 15 is 0 Å². The second-order valence-electron chi connectivity index (χ2n) is 4.70. The highest BCUT2D eigenvalue weighted by molar-refractivity contribution is 6.38. The minimum absolute atomic E-state index is 0.0382. The number of non-ortho nitro benzene ring substituents is 1. The molecule has 124 valence electrons. The summed E-state index contributed by atoms with van der Waals surface area (Å²) in [5.41, 5.74) is 0.367. The van der Waals surface area contributed by atoms with Crippen molar-refractivity contribution in [3.63, 3.8) is 0 Å². The predicted molar refractivity (Wildman–Crippen MR) is 90.6 cm³/mol. The molecule has 1 N–H and O–H groups in total. The van der Waals surface area contributed by atoms with Crippen LogP contribution in [-0.2, 0) is 4.79 Å². The summed E-state index contributed by atoms with van der Waals surface area (Å²) in [4.78, 5) is 25.3. The molecule has 24 heavy (non-hydrogen) atoms. The number of aliphatic imine (C=N–C) groups is 1. The van der Waals surface area contributed by atoms with Crippen LogP contribution >= 0.6 is 23.2 Å². The van der Waals surface area contributed by atoms with Crippen molar-refractivity contribution in [2.75, 3.05) is 5.32 Å². The van der Waals surface area contributed by atoms with Crippen LogP contribution in [0.3, 0.4) is 0 Å². The molecule has 0 aromatic heterocycles. The van der Waals surface area contributed by atoms with E-state index in [0.717, 1.165) is 18.2 Å². The van der Waals surface area contributed by atoms with Crippen LogP contribution in [0.1, 0.15) is 12.5 Å². The molecule has 0 atom stereocenters. The zero-order valence-electron chi connectivity index (χ0n) is 12.2. The monoisotopic (exact) mass is 366 g/mol. The van der Waals surface area contributed by atoms with Gasteiger partial charge in [-0.05, 0) is 17.7 Å². The van der Waals surface area contributed by atoms with Crippen molar-refractivity contribution >= 4 is 52.4 Å². The van der Waals surface area contributed by atoms with Crippen LogP contribution in [0.5, 0.6) is 5.75 Å². The molecule has 2 rings (SSSR count). The molecular weight excluding hydrogens is 357 g/mol. The third-order valence-electron chi connectivity index (χ3n) is 2.89. The van der Waals surface area contributed by atoms with Crippen molar-refractivity contribution in [2.45, 2.75) is 6.92 Å². The molecule has 0 saturated heterocycles. The first-order valence-corrected chi connectivity index (χ1v) is 7.29. The van der Waals surface area contributed by atoms with Gasteiger partial charge in [0.05, 0.1) is 26.3 Å². The third-order valence-corrected chi connectivity index (χ3v) is 3.51. The van der Waals surface area contributed by atoms with Crippen molar-refractivity contribution in [1.82, 2.24) is 0 Å². The molecule has 1 amide bonds. The Morgan fingerprint density at radius 1 is 1.25 bits per heavy atom. The molecule has 0 aliphatic rings. The molecular formula is C15H10Cl2N3O4-. The molecule has 0 spiro atoms. The van der Waals surface area contributed by atoms with Crippen LogP contribution in [0.4, 0.5) is 17.1 Å². The summed E-state index contributed by atoms with van der Waals surface area (Å²) < 4.78 is 0. The van der Waals surface area contributed by atoms with Crippen LogP contribution in [-0.4, -0.2) is 17.0 Å². The average molecular weight is 367 g/mol. The number of nitrogens with zero attached hydrogens (tertiary/aromatic N) is 2. The maximum absolute atomic E-state index is 11.7. The van der Waals surface area contributed by atoms with Crippen LogP contribution in [0, 0.1) is 10.1 Å². The second-order valence-corrected chi connectivity index (χ2v) is 5.52. The number of nitro groups is 1. The lowest BCUT2D eigenvalue weighted by Gasteiger charge is -2.10. The molecule has 7 nitrogen and oxygen atoms in total. The minimum atomic E-state index is -0.610. The topological polar surface area (TPSA) is 108 Å². The Balaban J connectivity index is 2.40. The quantitative estimate of drug-likeness (QED) is 0.505. The molecule has 0 bridgehead atoms. The number of hydrogen-bond donors (Lipinski definition) is 1. The average Bonchev–Trinajstić information content (AvgIpc) is 2.49.